The van der Waals surface area contributed by atoms with Gasteiger partial charge in [0, 0.05) is 17.8 Å². The average molecular weight is 344 g/mol. The summed E-state index contributed by atoms with van der Waals surface area (Å²) in [5, 5.41) is 11.9. The second-order valence-corrected chi connectivity index (χ2v) is 5.40. The first-order chi connectivity index (χ1) is 12.0. The number of benzene rings is 1. The number of nitrogens with one attached hydrogen (secondary N) is 1. The summed E-state index contributed by atoms with van der Waals surface area (Å²) >= 11 is 0. The highest BCUT2D eigenvalue weighted by Crippen LogP contribution is 2.31. The molecule has 1 heterocycles. The molecule has 0 spiro atoms. The number of carbonyl (C=O) groups excluding carboxylic acids is 1. The molecule has 1 atom stereocenters. The SMILES string of the molecule is COc1ccc(C(CC(=O)O)NC(=O)c2ncccc2C)c(OC)c1. The molecule has 0 fully saturated rings. The second kappa shape index (κ2) is 8.14. The van der Waals surface area contributed by atoms with Gasteiger partial charge in [0.05, 0.1) is 26.7 Å². The number of ether oxygens (including phenoxy) is 2. The Kier molecular flexibility index (Phi) is 5.94. The Labute approximate surface area is 145 Å². The molecule has 2 rings (SSSR count). The number of carboxylic acids is 1. The van der Waals surface area contributed by atoms with Crippen LogP contribution in [0.15, 0.2) is 36.5 Å². The first kappa shape index (κ1) is 18.3. The number of rotatable bonds is 7. The molecule has 1 amide bonds. The van der Waals surface area contributed by atoms with Crippen LogP contribution < -0.4 is 14.8 Å². The maximum absolute atomic E-state index is 12.5. The van der Waals surface area contributed by atoms with Crippen LogP contribution in [0.25, 0.3) is 0 Å². The predicted octanol–water partition coefficient (Wildman–Crippen LogP) is 2.35. The monoisotopic (exact) mass is 344 g/mol. The van der Waals surface area contributed by atoms with E-state index < -0.39 is 17.9 Å². The van der Waals surface area contributed by atoms with Gasteiger partial charge in [-0.2, -0.15) is 0 Å². The van der Waals surface area contributed by atoms with E-state index in [9.17, 15) is 14.7 Å². The summed E-state index contributed by atoms with van der Waals surface area (Å²) in [6, 6.07) is 7.73. The molecule has 0 radical (unpaired) electrons. The largest absolute Gasteiger partial charge is 0.497 e. The van der Waals surface area contributed by atoms with E-state index >= 15 is 0 Å². The number of amides is 1. The minimum atomic E-state index is -1.04. The first-order valence-corrected chi connectivity index (χ1v) is 7.62. The number of hydrogen-bond acceptors (Lipinski definition) is 5. The van der Waals surface area contributed by atoms with E-state index in [0.29, 0.717) is 22.6 Å². The number of hydrogen-bond donors (Lipinski definition) is 2. The van der Waals surface area contributed by atoms with Crippen molar-refractivity contribution in [2.75, 3.05) is 14.2 Å². The zero-order valence-electron chi connectivity index (χ0n) is 14.3. The van der Waals surface area contributed by atoms with Crippen molar-refractivity contribution in [1.29, 1.82) is 0 Å². The first-order valence-electron chi connectivity index (χ1n) is 7.62. The normalized spacial score (nSPS) is 11.5. The lowest BCUT2D eigenvalue weighted by Crippen LogP contribution is -2.31. The number of methoxy groups -OCH3 is 2. The second-order valence-electron chi connectivity index (χ2n) is 5.40. The molecule has 25 heavy (non-hydrogen) atoms. The Morgan fingerprint density at radius 3 is 2.60 bits per heavy atom. The van der Waals surface area contributed by atoms with Crippen molar-refractivity contribution in [3.05, 3.63) is 53.3 Å². The van der Waals surface area contributed by atoms with Crippen molar-refractivity contribution in [2.45, 2.75) is 19.4 Å². The van der Waals surface area contributed by atoms with Crippen LogP contribution >= 0.6 is 0 Å². The fourth-order valence-corrected chi connectivity index (χ4v) is 2.47. The molecule has 1 unspecified atom stereocenters. The summed E-state index contributed by atoms with van der Waals surface area (Å²) in [7, 11) is 3.00. The van der Waals surface area contributed by atoms with Gasteiger partial charge in [-0.3, -0.25) is 14.6 Å². The number of aliphatic carboxylic acids is 1. The standard InChI is InChI=1S/C18H20N2O5/c1-11-5-4-8-19-17(11)18(23)20-14(10-16(21)22)13-7-6-12(24-2)9-15(13)25-3/h4-9,14H,10H2,1-3H3,(H,20,23)(H,21,22). The molecule has 2 aromatic rings. The van der Waals surface area contributed by atoms with E-state index in [2.05, 4.69) is 10.3 Å². The molecule has 1 aromatic heterocycles. The summed E-state index contributed by atoms with van der Waals surface area (Å²) in [4.78, 5) is 27.8. The maximum atomic E-state index is 12.5. The van der Waals surface area contributed by atoms with Crippen LogP contribution in [0.5, 0.6) is 11.5 Å². The van der Waals surface area contributed by atoms with Crippen LogP contribution in [-0.2, 0) is 4.79 Å². The zero-order chi connectivity index (χ0) is 18.4. The minimum absolute atomic E-state index is 0.255. The average Bonchev–Trinajstić information content (AvgIpc) is 2.60. The van der Waals surface area contributed by atoms with E-state index in [1.165, 1.54) is 20.4 Å². The lowest BCUT2D eigenvalue weighted by atomic mass is 10.0. The van der Waals surface area contributed by atoms with Gasteiger partial charge >= 0.3 is 5.97 Å². The van der Waals surface area contributed by atoms with Gasteiger partial charge in [0.1, 0.15) is 17.2 Å². The number of carbonyl (C=O) groups is 2. The molecule has 132 valence electrons. The van der Waals surface area contributed by atoms with Crippen LogP contribution in [0.1, 0.15) is 34.1 Å². The summed E-state index contributed by atoms with van der Waals surface area (Å²) in [6.45, 7) is 1.77. The molecule has 2 N–H and O–H groups in total. The molecule has 0 saturated heterocycles. The Hall–Kier alpha value is -3.09. The minimum Gasteiger partial charge on any atom is -0.497 e. The zero-order valence-corrected chi connectivity index (χ0v) is 14.3. The molecule has 0 saturated carbocycles. The van der Waals surface area contributed by atoms with Gasteiger partial charge in [-0.15, -0.1) is 0 Å². The van der Waals surface area contributed by atoms with E-state index in [1.54, 1.807) is 37.3 Å². The number of nitrogens with zero attached hydrogens (tertiary/aromatic N) is 1. The summed E-state index contributed by atoms with van der Waals surface area (Å²) in [5.41, 5.74) is 1.51. The summed E-state index contributed by atoms with van der Waals surface area (Å²) < 4.78 is 10.5. The van der Waals surface area contributed by atoms with E-state index in [0.717, 1.165) is 0 Å². The van der Waals surface area contributed by atoms with E-state index in [4.69, 9.17) is 9.47 Å². The summed E-state index contributed by atoms with van der Waals surface area (Å²) in [6.07, 6.45) is 1.22. The Morgan fingerprint density at radius 1 is 1.24 bits per heavy atom. The van der Waals surface area contributed by atoms with Gasteiger partial charge in [-0.05, 0) is 30.7 Å². The van der Waals surface area contributed by atoms with Crippen molar-refractivity contribution in [3.8, 4) is 11.5 Å². The molecule has 0 aliphatic heterocycles. The fourth-order valence-electron chi connectivity index (χ4n) is 2.47. The maximum Gasteiger partial charge on any atom is 0.305 e. The number of aromatic nitrogens is 1. The highest BCUT2D eigenvalue weighted by atomic mass is 16.5. The van der Waals surface area contributed by atoms with Crippen LogP contribution in [0.3, 0.4) is 0 Å². The highest BCUT2D eigenvalue weighted by Gasteiger charge is 2.23. The molecule has 7 heteroatoms. The third-order valence-corrected chi connectivity index (χ3v) is 3.72. The summed E-state index contributed by atoms with van der Waals surface area (Å²) in [5.74, 6) is -0.478. The topological polar surface area (TPSA) is 97.8 Å². The molecule has 7 nitrogen and oxygen atoms in total. The smallest absolute Gasteiger partial charge is 0.305 e. The number of pyridine rings is 1. The van der Waals surface area contributed by atoms with Crippen molar-refractivity contribution >= 4 is 11.9 Å². The van der Waals surface area contributed by atoms with Crippen molar-refractivity contribution < 1.29 is 24.2 Å². The van der Waals surface area contributed by atoms with Gasteiger partial charge in [0.25, 0.3) is 5.91 Å². The lowest BCUT2D eigenvalue weighted by Gasteiger charge is -2.20. The van der Waals surface area contributed by atoms with Gasteiger partial charge < -0.3 is 19.9 Å². The molecule has 0 aliphatic rings. The van der Waals surface area contributed by atoms with Gasteiger partial charge in [0.2, 0.25) is 0 Å². The van der Waals surface area contributed by atoms with Gasteiger partial charge in [0.15, 0.2) is 0 Å². The Bertz CT molecular complexity index is 776. The molecule has 0 bridgehead atoms. The van der Waals surface area contributed by atoms with Gasteiger partial charge in [-0.25, -0.2) is 0 Å². The lowest BCUT2D eigenvalue weighted by molar-refractivity contribution is -0.137. The van der Waals surface area contributed by atoms with Crippen LogP contribution in [0, 0.1) is 6.92 Å². The van der Waals surface area contributed by atoms with Crippen LogP contribution in [-0.4, -0.2) is 36.2 Å². The Morgan fingerprint density at radius 2 is 2.00 bits per heavy atom. The van der Waals surface area contributed by atoms with Crippen molar-refractivity contribution in [3.63, 3.8) is 0 Å². The number of carboxylic acid groups (broad SMARTS) is 1. The van der Waals surface area contributed by atoms with Gasteiger partial charge in [-0.1, -0.05) is 6.07 Å². The highest BCUT2D eigenvalue weighted by molar-refractivity contribution is 5.94. The van der Waals surface area contributed by atoms with Crippen molar-refractivity contribution in [1.82, 2.24) is 10.3 Å². The molecule has 1 aromatic carbocycles. The molecule has 0 aliphatic carbocycles. The third-order valence-electron chi connectivity index (χ3n) is 3.72. The Balaban J connectivity index is 2.35. The molecular weight excluding hydrogens is 324 g/mol. The molecular formula is C18H20N2O5. The van der Waals surface area contributed by atoms with Crippen molar-refractivity contribution in [2.24, 2.45) is 0 Å². The fraction of sp³-hybridized carbons (Fsp3) is 0.278. The predicted molar refractivity (Wildman–Crippen MR) is 91.0 cm³/mol. The third kappa shape index (κ3) is 4.47. The van der Waals surface area contributed by atoms with E-state index in [-0.39, 0.29) is 12.1 Å². The number of aryl methyl sites for hydroxylation is 1. The van der Waals surface area contributed by atoms with E-state index in [1.807, 2.05) is 0 Å². The van der Waals surface area contributed by atoms with Crippen LogP contribution in [0.4, 0.5) is 0 Å². The quantitative estimate of drug-likeness (QED) is 0.800. The van der Waals surface area contributed by atoms with Crippen LogP contribution in [0.2, 0.25) is 0 Å².